The van der Waals surface area contributed by atoms with Crippen LogP contribution in [-0.4, -0.2) is 19.3 Å². The van der Waals surface area contributed by atoms with Gasteiger partial charge in [0.2, 0.25) is 0 Å². The van der Waals surface area contributed by atoms with Gasteiger partial charge in [0.15, 0.2) is 0 Å². The molecule has 4 nitrogen and oxygen atoms in total. The third-order valence-electron chi connectivity index (χ3n) is 10.4. The molecule has 4 heteroatoms. The summed E-state index contributed by atoms with van der Waals surface area (Å²) in [4.78, 5) is 0. The van der Waals surface area contributed by atoms with Gasteiger partial charge in [-0.3, -0.25) is 0 Å². The number of rotatable bonds is 10. The Hall–Kier alpha value is -4.96. The summed E-state index contributed by atoms with van der Waals surface area (Å²) in [7, 11) is 0. The normalized spacial score (nSPS) is 12.7. The average Bonchev–Trinajstić information content (AvgIpc) is 3.57. The molecule has 0 aliphatic rings. The lowest BCUT2D eigenvalue weighted by atomic mass is 9.83. The minimum atomic E-state index is -0.201. The van der Waals surface area contributed by atoms with Crippen molar-refractivity contribution >= 4 is 27.9 Å². The third kappa shape index (κ3) is 7.21. The zero-order valence-electron chi connectivity index (χ0n) is 33.6. The molecule has 0 fully saturated rings. The van der Waals surface area contributed by atoms with Crippen LogP contribution in [0.3, 0.4) is 0 Å². The minimum absolute atomic E-state index is 0.194. The van der Waals surface area contributed by atoms with E-state index in [1.807, 2.05) is 0 Å². The number of phenols is 2. The van der Waals surface area contributed by atoms with Gasteiger partial charge in [0.25, 0.3) is 0 Å². The molecule has 0 aliphatic heterocycles. The second-order valence-corrected chi connectivity index (χ2v) is 16.8. The van der Waals surface area contributed by atoms with E-state index in [1.165, 1.54) is 27.4 Å². The largest absolute Gasteiger partial charge is 0.507 e. The zero-order chi connectivity index (χ0) is 38.2. The van der Waals surface area contributed by atoms with E-state index in [1.54, 1.807) is 0 Å². The predicted molar refractivity (Wildman–Crippen MR) is 227 cm³/mol. The van der Waals surface area contributed by atoms with E-state index < -0.39 is 0 Å². The molecule has 2 heterocycles. The van der Waals surface area contributed by atoms with Crippen LogP contribution >= 0.6 is 0 Å². The van der Waals surface area contributed by atoms with Crippen molar-refractivity contribution in [1.82, 2.24) is 9.13 Å². The molecule has 2 N–H and O–H groups in total. The van der Waals surface area contributed by atoms with Gasteiger partial charge >= 0.3 is 0 Å². The van der Waals surface area contributed by atoms with Gasteiger partial charge in [0.05, 0.1) is 11.4 Å². The first-order valence-electron chi connectivity index (χ1n) is 19.4. The van der Waals surface area contributed by atoms with Crippen LogP contribution in [0.4, 0.5) is 0 Å². The van der Waals surface area contributed by atoms with Gasteiger partial charge < -0.3 is 19.3 Å². The maximum absolute atomic E-state index is 11.9. The van der Waals surface area contributed by atoms with Gasteiger partial charge in [-0.15, -0.1) is 0 Å². The molecular weight excluding hydrogens is 649 g/mol. The smallest absolute Gasteiger partial charge is 0.128 e. The van der Waals surface area contributed by atoms with Crippen molar-refractivity contribution in [2.45, 2.75) is 112 Å². The molecule has 53 heavy (non-hydrogen) atoms. The van der Waals surface area contributed by atoms with Gasteiger partial charge in [-0.2, -0.15) is 0 Å². The number of fused-ring (bicyclic) bond motifs is 2. The highest BCUT2D eigenvalue weighted by Crippen LogP contribution is 2.45. The highest BCUT2D eigenvalue weighted by Gasteiger charge is 2.27. The lowest BCUT2D eigenvalue weighted by Gasteiger charge is -2.24. The summed E-state index contributed by atoms with van der Waals surface area (Å²) in [5.74, 6) is 0.733. The fourth-order valence-corrected chi connectivity index (χ4v) is 8.07. The second kappa shape index (κ2) is 14.8. The van der Waals surface area contributed by atoms with Crippen LogP contribution in [0.15, 0.2) is 91.0 Å². The van der Waals surface area contributed by atoms with Crippen LogP contribution in [0.5, 0.6) is 11.5 Å². The van der Waals surface area contributed by atoms with Crippen LogP contribution in [0, 0.1) is 13.8 Å². The number of hydrogen-bond acceptors (Lipinski definition) is 2. The third-order valence-corrected chi connectivity index (χ3v) is 10.4. The number of aryl methyl sites for hydroxylation is 4. The van der Waals surface area contributed by atoms with Gasteiger partial charge in [-0.05, 0) is 84.9 Å². The van der Waals surface area contributed by atoms with Crippen molar-refractivity contribution in [3.05, 3.63) is 124 Å². The van der Waals surface area contributed by atoms with E-state index >= 15 is 0 Å². The number of nitrogens with zero attached hydrogens (tertiary/aromatic N) is 2. The van der Waals surface area contributed by atoms with E-state index in [4.69, 9.17) is 0 Å². The topological polar surface area (TPSA) is 50.3 Å². The first-order valence-corrected chi connectivity index (χ1v) is 19.4. The van der Waals surface area contributed by atoms with Gasteiger partial charge in [0, 0.05) is 62.7 Å². The summed E-state index contributed by atoms with van der Waals surface area (Å²) in [6.45, 7) is 23.4. The lowest BCUT2D eigenvalue weighted by Crippen LogP contribution is -2.12. The van der Waals surface area contributed by atoms with Crippen molar-refractivity contribution in [3.63, 3.8) is 0 Å². The predicted octanol–water partition coefficient (Wildman–Crippen LogP) is 13.2. The highest BCUT2D eigenvalue weighted by atomic mass is 16.3. The van der Waals surface area contributed by atoms with Crippen molar-refractivity contribution in [2.75, 3.05) is 0 Å². The van der Waals surface area contributed by atoms with Crippen molar-refractivity contribution < 1.29 is 10.2 Å². The summed E-state index contributed by atoms with van der Waals surface area (Å²) < 4.78 is 4.79. The Kier molecular flexibility index (Phi) is 10.6. The van der Waals surface area contributed by atoms with E-state index in [0.29, 0.717) is 17.9 Å². The number of para-hydroxylation sites is 2. The first kappa shape index (κ1) is 37.8. The molecule has 0 saturated heterocycles. The lowest BCUT2D eigenvalue weighted by molar-refractivity contribution is 0.447. The van der Waals surface area contributed by atoms with Crippen LogP contribution < -0.4 is 0 Å². The summed E-state index contributed by atoms with van der Waals surface area (Å²) in [6, 6.07) is 25.8. The number of allylic oxidation sites excluding steroid dienone is 3. The fourth-order valence-electron chi connectivity index (χ4n) is 8.07. The van der Waals surface area contributed by atoms with Crippen LogP contribution in [0.25, 0.3) is 50.4 Å². The Labute approximate surface area is 317 Å². The molecule has 6 rings (SSSR count). The van der Waals surface area contributed by atoms with E-state index in [0.717, 1.165) is 76.3 Å². The SMILES string of the molecule is CCCn1c(-c2cc(C)cc(C(C)(C)C)c2O)c(/C=C/C=C\Cc2c(-c3cc(C)cc(C(C)(C)C)c3O)n(CCC)c3ccccc23)c2ccccc21. The van der Waals surface area contributed by atoms with E-state index in [-0.39, 0.29) is 10.8 Å². The molecule has 0 spiro atoms. The maximum Gasteiger partial charge on any atom is 0.128 e. The van der Waals surface area contributed by atoms with Crippen LogP contribution in [-0.2, 0) is 30.3 Å². The Morgan fingerprint density at radius 3 is 1.60 bits per heavy atom. The average molecular weight is 707 g/mol. The molecule has 0 aliphatic carbocycles. The molecule has 0 radical (unpaired) electrons. The number of aromatic nitrogens is 2. The van der Waals surface area contributed by atoms with Crippen molar-refractivity contribution in [3.8, 4) is 34.0 Å². The Morgan fingerprint density at radius 2 is 1.08 bits per heavy atom. The molecule has 4 aromatic carbocycles. The quantitative estimate of drug-likeness (QED) is 0.139. The Morgan fingerprint density at radius 1 is 0.604 bits per heavy atom. The zero-order valence-corrected chi connectivity index (χ0v) is 33.6. The molecule has 0 amide bonds. The van der Waals surface area contributed by atoms with E-state index in [9.17, 15) is 10.2 Å². The number of aromatic hydroxyl groups is 2. The van der Waals surface area contributed by atoms with Crippen molar-refractivity contribution in [2.24, 2.45) is 0 Å². The standard InChI is InChI=1S/C49H58N2O2/c1-11-26-50-42-24-18-16-20-34(42)36(44(50)38-28-32(3)30-40(46(38)52)48(5,6)7)22-14-13-15-23-37-35-21-17-19-25-43(35)51(27-12-2)45(37)39-29-33(4)31-41(47(39)53)49(8,9)10/h13-22,24-25,28-31,52-53H,11-12,23,26-27H2,1-10H3/b15-13-,22-14+. The minimum Gasteiger partial charge on any atom is -0.507 e. The fraction of sp³-hybridized carbons (Fsp3) is 0.347. The highest BCUT2D eigenvalue weighted by molar-refractivity contribution is 5.99. The van der Waals surface area contributed by atoms with Crippen LogP contribution in [0.1, 0.15) is 102 Å². The van der Waals surface area contributed by atoms with Gasteiger partial charge in [-0.25, -0.2) is 0 Å². The Balaban J connectivity index is 1.48. The van der Waals surface area contributed by atoms with Crippen molar-refractivity contribution in [1.29, 1.82) is 0 Å². The summed E-state index contributed by atoms with van der Waals surface area (Å²) in [5.41, 5.74) is 12.5. The summed E-state index contributed by atoms with van der Waals surface area (Å²) in [5, 5.41) is 26.1. The molecule has 0 bridgehead atoms. The van der Waals surface area contributed by atoms with E-state index in [2.05, 4.69) is 175 Å². The Bertz CT molecular complexity index is 2350. The second-order valence-electron chi connectivity index (χ2n) is 16.8. The van der Waals surface area contributed by atoms with Crippen LogP contribution in [0.2, 0.25) is 0 Å². The molecule has 0 atom stereocenters. The van der Waals surface area contributed by atoms with Gasteiger partial charge in [0.1, 0.15) is 11.5 Å². The monoisotopic (exact) mass is 706 g/mol. The molecule has 0 saturated carbocycles. The molecule has 276 valence electrons. The number of hydrogen-bond donors (Lipinski definition) is 2. The molecule has 0 unspecified atom stereocenters. The maximum atomic E-state index is 11.9. The molecule has 6 aromatic rings. The summed E-state index contributed by atoms with van der Waals surface area (Å²) >= 11 is 0. The number of benzene rings is 4. The summed E-state index contributed by atoms with van der Waals surface area (Å²) in [6.07, 6.45) is 11.4. The van der Waals surface area contributed by atoms with Gasteiger partial charge in [-0.1, -0.05) is 128 Å². The molecular formula is C49H58N2O2. The molecule has 2 aromatic heterocycles. The number of phenolic OH excluding ortho intramolecular Hbond substituents is 2. The first-order chi connectivity index (χ1) is 25.2.